The summed E-state index contributed by atoms with van der Waals surface area (Å²) in [4.78, 5) is 4.70. The van der Waals surface area contributed by atoms with Crippen LogP contribution in [0.4, 0.5) is 4.39 Å². The molecule has 0 N–H and O–H groups in total. The second-order valence-corrected chi connectivity index (χ2v) is 6.57. The summed E-state index contributed by atoms with van der Waals surface area (Å²) in [5.41, 5.74) is 1.65. The van der Waals surface area contributed by atoms with Gasteiger partial charge in [-0.05, 0) is 41.3 Å². The molecule has 0 aliphatic heterocycles. The lowest BCUT2D eigenvalue weighted by atomic mass is 9.89. The molecule has 0 atom stereocenters. The molecule has 0 aliphatic rings. The fourth-order valence-electron chi connectivity index (χ4n) is 3.13. The van der Waals surface area contributed by atoms with Crippen LogP contribution in [0.1, 0.15) is 45.9 Å². The number of rotatable bonds is 6. The maximum Gasteiger partial charge on any atom is 0.139 e. The molecule has 0 saturated heterocycles. The summed E-state index contributed by atoms with van der Waals surface area (Å²) in [5.74, 6) is 1.21. The highest BCUT2D eigenvalue weighted by Gasteiger charge is 2.30. The number of benzene rings is 1. The molecule has 1 aromatic carbocycles. The number of aromatic nitrogens is 2. The van der Waals surface area contributed by atoms with E-state index in [1.54, 1.807) is 12.1 Å². The Labute approximate surface area is 138 Å². The van der Waals surface area contributed by atoms with Crippen molar-refractivity contribution in [3.05, 3.63) is 28.2 Å². The predicted molar refractivity (Wildman–Crippen MR) is 90.7 cm³/mol. The van der Waals surface area contributed by atoms with Crippen LogP contribution >= 0.6 is 27.5 Å². The van der Waals surface area contributed by atoms with Crippen molar-refractivity contribution < 1.29 is 4.39 Å². The third kappa shape index (κ3) is 2.85. The van der Waals surface area contributed by atoms with Gasteiger partial charge in [0, 0.05) is 23.9 Å². The van der Waals surface area contributed by atoms with E-state index in [2.05, 4.69) is 41.3 Å². The van der Waals surface area contributed by atoms with Crippen LogP contribution in [0.2, 0.25) is 0 Å². The fraction of sp³-hybridized carbons (Fsp3) is 0.562. The van der Waals surface area contributed by atoms with Gasteiger partial charge in [0.05, 0.1) is 15.5 Å². The summed E-state index contributed by atoms with van der Waals surface area (Å²) in [6.07, 6.45) is 3.65. The summed E-state index contributed by atoms with van der Waals surface area (Å²) in [7, 11) is 0. The Bertz CT molecular complexity index is 626. The maximum atomic E-state index is 14.0. The number of imidazole rings is 1. The Morgan fingerprint density at radius 2 is 1.86 bits per heavy atom. The van der Waals surface area contributed by atoms with E-state index in [0.717, 1.165) is 36.1 Å². The maximum absolute atomic E-state index is 14.0. The van der Waals surface area contributed by atoms with Crippen molar-refractivity contribution in [3.8, 4) is 0 Å². The van der Waals surface area contributed by atoms with Gasteiger partial charge in [-0.3, -0.25) is 0 Å². The highest BCUT2D eigenvalue weighted by molar-refractivity contribution is 9.10. The molecule has 21 heavy (non-hydrogen) atoms. The van der Waals surface area contributed by atoms with Crippen molar-refractivity contribution in [2.24, 2.45) is 0 Å². The first-order valence-corrected chi connectivity index (χ1v) is 8.78. The molecule has 0 unspecified atom stereocenters. The summed E-state index contributed by atoms with van der Waals surface area (Å²) in [6.45, 7) is 6.54. The van der Waals surface area contributed by atoms with E-state index in [1.165, 1.54) is 0 Å². The van der Waals surface area contributed by atoms with Crippen molar-refractivity contribution in [1.29, 1.82) is 0 Å². The summed E-state index contributed by atoms with van der Waals surface area (Å²) in [5, 5.41) is 0. The molecule has 0 aliphatic carbocycles. The smallest absolute Gasteiger partial charge is 0.139 e. The lowest BCUT2D eigenvalue weighted by Gasteiger charge is -2.34. The SMILES string of the molecule is CCC(CC)(CC)n1c(CCCl)nc2cc(Br)c(F)cc21. The van der Waals surface area contributed by atoms with Crippen molar-refractivity contribution in [3.63, 3.8) is 0 Å². The van der Waals surface area contributed by atoms with Crippen LogP contribution in [0.25, 0.3) is 11.0 Å². The van der Waals surface area contributed by atoms with Crippen LogP contribution in [-0.2, 0) is 12.0 Å². The Hall–Kier alpha value is -0.610. The summed E-state index contributed by atoms with van der Waals surface area (Å²) < 4.78 is 16.7. The van der Waals surface area contributed by atoms with Gasteiger partial charge in [-0.25, -0.2) is 9.37 Å². The first kappa shape index (κ1) is 16.8. The van der Waals surface area contributed by atoms with E-state index in [1.807, 2.05) is 0 Å². The molecule has 5 heteroatoms. The molecule has 0 radical (unpaired) electrons. The third-order valence-electron chi connectivity index (χ3n) is 4.53. The van der Waals surface area contributed by atoms with Crippen LogP contribution in [0.5, 0.6) is 0 Å². The largest absolute Gasteiger partial charge is 0.322 e. The lowest BCUT2D eigenvalue weighted by Crippen LogP contribution is -2.33. The molecule has 2 nitrogen and oxygen atoms in total. The number of aryl methyl sites for hydroxylation is 1. The topological polar surface area (TPSA) is 17.8 Å². The zero-order valence-corrected chi connectivity index (χ0v) is 15.1. The summed E-state index contributed by atoms with van der Waals surface area (Å²) in [6, 6.07) is 3.34. The highest BCUT2D eigenvalue weighted by Crippen LogP contribution is 2.36. The normalized spacial score (nSPS) is 12.3. The number of hydrogen-bond acceptors (Lipinski definition) is 1. The number of halogens is 3. The molecule has 0 spiro atoms. The Morgan fingerprint density at radius 1 is 1.24 bits per heavy atom. The molecular formula is C16H21BrClFN2. The van der Waals surface area contributed by atoms with Crippen LogP contribution in [0.3, 0.4) is 0 Å². The van der Waals surface area contributed by atoms with Crippen LogP contribution in [0.15, 0.2) is 16.6 Å². The molecule has 2 aromatic rings. The molecule has 1 aromatic heterocycles. The molecule has 0 amide bonds. The van der Waals surface area contributed by atoms with Gasteiger partial charge < -0.3 is 4.57 Å². The van der Waals surface area contributed by atoms with Gasteiger partial charge in [0.15, 0.2) is 0 Å². The molecular weight excluding hydrogens is 355 g/mol. The number of hydrogen-bond donors (Lipinski definition) is 0. The second-order valence-electron chi connectivity index (χ2n) is 5.34. The van der Waals surface area contributed by atoms with Crippen molar-refractivity contribution in [2.45, 2.75) is 52.0 Å². The molecule has 1 heterocycles. The molecule has 0 bridgehead atoms. The monoisotopic (exact) mass is 374 g/mol. The van der Waals surface area contributed by atoms with Crippen molar-refractivity contribution in [2.75, 3.05) is 5.88 Å². The van der Waals surface area contributed by atoms with E-state index in [9.17, 15) is 4.39 Å². The van der Waals surface area contributed by atoms with Gasteiger partial charge >= 0.3 is 0 Å². The van der Waals surface area contributed by atoms with E-state index >= 15 is 0 Å². The average molecular weight is 376 g/mol. The number of alkyl halides is 1. The molecule has 0 fully saturated rings. The molecule has 2 rings (SSSR count). The molecule has 116 valence electrons. The van der Waals surface area contributed by atoms with Crippen LogP contribution in [-0.4, -0.2) is 15.4 Å². The van der Waals surface area contributed by atoms with Crippen LogP contribution < -0.4 is 0 Å². The van der Waals surface area contributed by atoms with Crippen LogP contribution in [0, 0.1) is 5.82 Å². The van der Waals surface area contributed by atoms with E-state index < -0.39 is 0 Å². The van der Waals surface area contributed by atoms with Gasteiger partial charge in [-0.2, -0.15) is 0 Å². The first-order chi connectivity index (χ1) is 10.0. The second kappa shape index (κ2) is 6.66. The van der Waals surface area contributed by atoms with E-state index in [-0.39, 0.29) is 11.4 Å². The zero-order valence-electron chi connectivity index (χ0n) is 12.7. The third-order valence-corrected chi connectivity index (χ3v) is 5.33. The van der Waals surface area contributed by atoms with Gasteiger partial charge in [-0.15, -0.1) is 11.6 Å². The lowest BCUT2D eigenvalue weighted by molar-refractivity contribution is 0.251. The number of nitrogens with zero attached hydrogens (tertiary/aromatic N) is 2. The Balaban J connectivity index is 2.79. The van der Waals surface area contributed by atoms with Crippen molar-refractivity contribution >= 4 is 38.6 Å². The first-order valence-electron chi connectivity index (χ1n) is 7.45. The van der Waals surface area contributed by atoms with Gasteiger partial charge in [0.25, 0.3) is 0 Å². The van der Waals surface area contributed by atoms with Gasteiger partial charge in [0.2, 0.25) is 0 Å². The average Bonchev–Trinajstić information content (AvgIpc) is 2.81. The predicted octanol–water partition coefficient (Wildman–Crippen LogP) is 5.64. The fourth-order valence-corrected chi connectivity index (χ4v) is 3.63. The van der Waals surface area contributed by atoms with E-state index in [0.29, 0.717) is 16.8 Å². The standard InChI is InChI=1S/C16H21BrClFN2/c1-4-16(5-2,6-3)21-14-10-12(19)11(17)9-13(14)20-15(21)7-8-18/h9-10H,4-8H2,1-3H3. The highest BCUT2D eigenvalue weighted by atomic mass is 79.9. The minimum Gasteiger partial charge on any atom is -0.322 e. The minimum atomic E-state index is -0.252. The Morgan fingerprint density at radius 3 is 2.38 bits per heavy atom. The van der Waals surface area contributed by atoms with E-state index in [4.69, 9.17) is 16.6 Å². The van der Waals surface area contributed by atoms with Gasteiger partial charge in [-0.1, -0.05) is 20.8 Å². The van der Waals surface area contributed by atoms with Crippen molar-refractivity contribution in [1.82, 2.24) is 9.55 Å². The minimum absolute atomic E-state index is 0.0313. The zero-order chi connectivity index (χ0) is 15.6. The van der Waals surface area contributed by atoms with Gasteiger partial charge in [0.1, 0.15) is 11.6 Å². The summed E-state index contributed by atoms with van der Waals surface area (Å²) >= 11 is 9.18. The Kier molecular flexibility index (Phi) is 5.31. The quantitative estimate of drug-likeness (QED) is 0.597. The number of fused-ring (bicyclic) bond motifs is 1. The molecule has 0 saturated carbocycles.